The number of hydrogen-bond acceptors (Lipinski definition) is 6. The van der Waals surface area contributed by atoms with Crippen LogP contribution in [0.2, 0.25) is 0 Å². The Morgan fingerprint density at radius 1 is 0.943 bits per heavy atom. The van der Waals surface area contributed by atoms with Crippen molar-refractivity contribution in [1.29, 1.82) is 5.26 Å². The topological polar surface area (TPSA) is 93.9 Å². The number of fused-ring (bicyclic) bond motifs is 4. The molecular formula is C27H19N7O. The van der Waals surface area contributed by atoms with Gasteiger partial charge < -0.3 is 9.30 Å². The summed E-state index contributed by atoms with van der Waals surface area (Å²) in [6.07, 6.45) is 9.21. The molecule has 0 atom stereocenters. The predicted octanol–water partition coefficient (Wildman–Crippen LogP) is 4.52. The second-order valence-corrected chi connectivity index (χ2v) is 8.10. The van der Waals surface area contributed by atoms with Crippen LogP contribution in [0.15, 0.2) is 84.4 Å². The van der Waals surface area contributed by atoms with E-state index in [0.29, 0.717) is 11.5 Å². The van der Waals surface area contributed by atoms with Crippen molar-refractivity contribution in [1.82, 2.24) is 24.1 Å². The van der Waals surface area contributed by atoms with Gasteiger partial charge in [0.05, 0.1) is 41.7 Å². The Morgan fingerprint density at radius 2 is 1.83 bits per heavy atom. The number of aromatic nitrogens is 5. The average molecular weight is 457 g/mol. The summed E-state index contributed by atoms with van der Waals surface area (Å²) in [5.74, 6) is 0.505. The fourth-order valence-electron chi connectivity index (χ4n) is 4.56. The SMILES string of the molecule is COc1ccc(-n2/c(=N\C#N)n(C)c3cnc4ccc(-c5cncc6ccccc56)cc4c32)cn1. The largest absolute Gasteiger partial charge is 0.481 e. The van der Waals surface area contributed by atoms with Crippen LogP contribution in [0.4, 0.5) is 0 Å². The van der Waals surface area contributed by atoms with Gasteiger partial charge in [0.15, 0.2) is 0 Å². The minimum Gasteiger partial charge on any atom is -0.481 e. The maximum atomic E-state index is 9.43. The molecule has 0 aliphatic carbocycles. The Balaban J connectivity index is 1.72. The van der Waals surface area contributed by atoms with Gasteiger partial charge >= 0.3 is 0 Å². The number of hydrogen-bond donors (Lipinski definition) is 0. The molecule has 0 amide bonds. The first-order valence-corrected chi connectivity index (χ1v) is 11.0. The highest BCUT2D eigenvalue weighted by Gasteiger charge is 2.17. The van der Waals surface area contributed by atoms with Crippen LogP contribution in [0.1, 0.15) is 0 Å². The van der Waals surface area contributed by atoms with Crippen LogP contribution in [-0.4, -0.2) is 31.2 Å². The number of methoxy groups -OCH3 is 1. The van der Waals surface area contributed by atoms with Gasteiger partial charge in [-0.05, 0) is 29.1 Å². The van der Waals surface area contributed by atoms with Gasteiger partial charge in [-0.25, -0.2) is 4.98 Å². The van der Waals surface area contributed by atoms with Crippen LogP contribution in [0.25, 0.3) is 49.5 Å². The molecule has 4 aromatic heterocycles. The third-order valence-electron chi connectivity index (χ3n) is 6.22. The lowest BCUT2D eigenvalue weighted by molar-refractivity contribution is 0.398. The van der Waals surface area contributed by atoms with Crippen molar-refractivity contribution in [2.24, 2.45) is 12.0 Å². The highest BCUT2D eigenvalue weighted by molar-refractivity contribution is 6.06. The van der Waals surface area contributed by atoms with E-state index in [2.05, 4.69) is 39.2 Å². The molecule has 0 spiro atoms. The number of benzene rings is 2. The minimum absolute atomic E-state index is 0.473. The van der Waals surface area contributed by atoms with E-state index >= 15 is 0 Å². The number of aryl methyl sites for hydroxylation is 1. The number of pyridine rings is 3. The minimum atomic E-state index is 0.473. The Bertz CT molecular complexity index is 1850. The molecule has 35 heavy (non-hydrogen) atoms. The van der Waals surface area contributed by atoms with E-state index < -0.39 is 0 Å². The van der Waals surface area contributed by atoms with Gasteiger partial charge in [-0.2, -0.15) is 5.26 Å². The van der Waals surface area contributed by atoms with Crippen molar-refractivity contribution in [3.63, 3.8) is 0 Å². The van der Waals surface area contributed by atoms with E-state index in [1.165, 1.54) is 0 Å². The zero-order chi connectivity index (χ0) is 23.9. The molecule has 2 aromatic carbocycles. The number of imidazole rings is 1. The summed E-state index contributed by atoms with van der Waals surface area (Å²) in [5.41, 5.74) is 5.86. The van der Waals surface area contributed by atoms with Crippen LogP contribution in [0.5, 0.6) is 5.88 Å². The first kappa shape index (κ1) is 20.6. The van der Waals surface area contributed by atoms with E-state index in [1.807, 2.05) is 59.0 Å². The van der Waals surface area contributed by atoms with Crippen molar-refractivity contribution in [3.8, 4) is 28.9 Å². The summed E-state index contributed by atoms with van der Waals surface area (Å²) in [5, 5.41) is 12.6. The van der Waals surface area contributed by atoms with Gasteiger partial charge in [-0.3, -0.25) is 14.5 Å². The smallest absolute Gasteiger partial charge is 0.226 e. The van der Waals surface area contributed by atoms with Gasteiger partial charge in [-0.1, -0.05) is 30.3 Å². The molecule has 6 rings (SSSR count). The van der Waals surface area contributed by atoms with Crippen LogP contribution in [-0.2, 0) is 7.05 Å². The second-order valence-electron chi connectivity index (χ2n) is 8.10. The summed E-state index contributed by atoms with van der Waals surface area (Å²) >= 11 is 0. The fraction of sp³-hybridized carbons (Fsp3) is 0.0741. The zero-order valence-electron chi connectivity index (χ0n) is 19.0. The summed E-state index contributed by atoms with van der Waals surface area (Å²) in [6, 6.07) is 18.1. The van der Waals surface area contributed by atoms with Gasteiger partial charge in [0.25, 0.3) is 0 Å². The molecule has 0 unspecified atom stereocenters. The zero-order valence-corrected chi connectivity index (χ0v) is 19.0. The molecule has 4 heterocycles. The van der Waals surface area contributed by atoms with Gasteiger partial charge in [0.1, 0.15) is 0 Å². The van der Waals surface area contributed by atoms with E-state index in [-0.39, 0.29) is 0 Å². The quantitative estimate of drug-likeness (QED) is 0.364. The van der Waals surface area contributed by atoms with Crippen LogP contribution >= 0.6 is 0 Å². The molecule has 0 aliphatic rings. The highest BCUT2D eigenvalue weighted by atomic mass is 16.5. The van der Waals surface area contributed by atoms with Crippen molar-refractivity contribution in [3.05, 3.63) is 85.0 Å². The first-order valence-electron chi connectivity index (χ1n) is 11.0. The van der Waals surface area contributed by atoms with Crippen molar-refractivity contribution in [2.75, 3.05) is 7.11 Å². The van der Waals surface area contributed by atoms with Crippen LogP contribution < -0.4 is 10.4 Å². The van der Waals surface area contributed by atoms with E-state index in [1.54, 1.807) is 25.6 Å². The second kappa shape index (κ2) is 8.08. The van der Waals surface area contributed by atoms with Gasteiger partial charge in [0, 0.05) is 41.8 Å². The Kier molecular flexibility index (Phi) is 4.75. The monoisotopic (exact) mass is 457 g/mol. The van der Waals surface area contributed by atoms with Gasteiger partial charge in [-0.15, -0.1) is 4.99 Å². The van der Waals surface area contributed by atoms with Gasteiger partial charge in [0.2, 0.25) is 17.7 Å². The maximum Gasteiger partial charge on any atom is 0.226 e. The first-order chi connectivity index (χ1) is 17.2. The molecule has 0 bridgehead atoms. The third-order valence-corrected chi connectivity index (χ3v) is 6.22. The summed E-state index contributed by atoms with van der Waals surface area (Å²) in [4.78, 5) is 17.6. The lowest BCUT2D eigenvalue weighted by Gasteiger charge is -2.10. The average Bonchev–Trinajstić information content (AvgIpc) is 3.20. The maximum absolute atomic E-state index is 9.43. The molecule has 8 heteroatoms. The molecule has 0 radical (unpaired) electrons. The fourth-order valence-corrected chi connectivity index (χ4v) is 4.56. The van der Waals surface area contributed by atoms with E-state index in [9.17, 15) is 5.26 Å². The lowest BCUT2D eigenvalue weighted by atomic mass is 9.99. The molecule has 8 nitrogen and oxygen atoms in total. The predicted molar refractivity (Wildman–Crippen MR) is 134 cm³/mol. The molecule has 0 fully saturated rings. The van der Waals surface area contributed by atoms with Crippen LogP contribution in [0, 0.1) is 11.5 Å². The number of ether oxygens (including phenoxy) is 1. The summed E-state index contributed by atoms with van der Waals surface area (Å²) < 4.78 is 9.02. The summed E-state index contributed by atoms with van der Waals surface area (Å²) in [7, 11) is 3.45. The Hall–Kier alpha value is -5.03. The van der Waals surface area contributed by atoms with E-state index in [4.69, 9.17) is 9.72 Å². The molecule has 0 aliphatic heterocycles. The molecular weight excluding hydrogens is 438 g/mol. The summed E-state index contributed by atoms with van der Waals surface area (Å²) in [6.45, 7) is 0. The van der Waals surface area contributed by atoms with Crippen LogP contribution in [0.3, 0.4) is 0 Å². The van der Waals surface area contributed by atoms with Crippen molar-refractivity contribution in [2.45, 2.75) is 0 Å². The molecule has 6 aromatic rings. The lowest BCUT2D eigenvalue weighted by Crippen LogP contribution is -2.22. The standard InChI is InChI=1S/C27H19N7O/c1-33-24-15-30-23-9-7-17(22-14-29-12-18-5-3-4-6-20(18)22)11-21(23)26(24)34(27(33)32-16-28)19-8-10-25(35-2)31-13-19/h3-15H,1-2H3/b32-27-. The molecule has 0 N–H and O–H groups in total. The third kappa shape index (κ3) is 3.21. The number of nitriles is 1. The Labute approximate surface area is 200 Å². The normalized spacial score (nSPS) is 11.9. The molecule has 0 saturated heterocycles. The molecule has 0 saturated carbocycles. The van der Waals surface area contributed by atoms with Crippen molar-refractivity contribution < 1.29 is 4.74 Å². The Morgan fingerprint density at radius 3 is 2.63 bits per heavy atom. The van der Waals surface area contributed by atoms with E-state index in [0.717, 1.165) is 49.5 Å². The highest BCUT2D eigenvalue weighted by Crippen LogP contribution is 2.32. The number of rotatable bonds is 3. The van der Waals surface area contributed by atoms with Crippen molar-refractivity contribution >= 4 is 32.7 Å². The molecule has 168 valence electrons. The number of nitrogens with zero attached hydrogens (tertiary/aromatic N) is 7.